The summed E-state index contributed by atoms with van der Waals surface area (Å²) in [6.07, 6.45) is -6.88. The molecule has 0 saturated heterocycles. The maximum atomic E-state index is 14.5. The molecule has 0 saturated carbocycles. The molecule has 0 fully saturated rings. The number of nitrogens with one attached hydrogen (secondary N) is 1. The molecule has 0 unspecified atom stereocenters. The van der Waals surface area contributed by atoms with Gasteiger partial charge in [0, 0.05) is 38.9 Å². The minimum atomic E-state index is -4.69. The van der Waals surface area contributed by atoms with E-state index in [0.29, 0.717) is 0 Å². The van der Waals surface area contributed by atoms with Gasteiger partial charge in [0.25, 0.3) is 11.8 Å². The third-order valence-electron chi connectivity index (χ3n) is 6.45. The van der Waals surface area contributed by atoms with E-state index in [9.17, 15) is 31.9 Å². The third kappa shape index (κ3) is 7.69. The van der Waals surface area contributed by atoms with Crippen molar-refractivity contribution < 1.29 is 41.4 Å². The van der Waals surface area contributed by atoms with Gasteiger partial charge in [-0.1, -0.05) is 19.1 Å². The zero-order valence-electron chi connectivity index (χ0n) is 22.0. The van der Waals surface area contributed by atoms with Crippen molar-refractivity contribution in [2.45, 2.75) is 38.6 Å². The first-order valence-electron chi connectivity index (χ1n) is 12.3. The largest absolute Gasteiger partial charge is 0.491 e. The number of ether oxygens (including phenoxy) is 2. The van der Waals surface area contributed by atoms with E-state index < -0.39 is 48.3 Å². The van der Waals surface area contributed by atoms with E-state index in [4.69, 9.17) is 9.47 Å². The minimum absolute atomic E-state index is 0.00423. The lowest BCUT2D eigenvalue weighted by molar-refractivity contribution is -0.150. The molecule has 2 aromatic rings. The summed E-state index contributed by atoms with van der Waals surface area (Å²) in [6, 6.07) is 9.01. The predicted molar refractivity (Wildman–Crippen MR) is 135 cm³/mol. The third-order valence-corrected chi connectivity index (χ3v) is 6.45. The number of hydrogen-bond acceptors (Lipinski definition) is 5. The first kappa shape index (κ1) is 29.9. The van der Waals surface area contributed by atoms with Gasteiger partial charge in [-0.05, 0) is 37.3 Å². The standard InChI is InChI=1S/C27H31F4N3O5/c1-16-13-34(26(37)19-7-5-6-8-21(19)28)17(2)15-39-22-10-9-18(32-24(35)12-27(29,30)31)11-20(22)25(36)33(3)14-23(16)38-4/h5-11,16-17,23H,12-15H2,1-4H3,(H,32,35)/t16-,17-,23-/m0/s1. The van der Waals surface area contributed by atoms with Crippen LogP contribution in [0.1, 0.15) is 41.0 Å². The molecule has 0 aromatic heterocycles. The summed E-state index contributed by atoms with van der Waals surface area (Å²) in [7, 11) is 3.00. The monoisotopic (exact) mass is 553 g/mol. The number of carbonyl (C=O) groups is 3. The highest BCUT2D eigenvalue weighted by Crippen LogP contribution is 2.28. The fourth-order valence-electron chi connectivity index (χ4n) is 4.31. The Kier molecular flexibility index (Phi) is 9.54. The van der Waals surface area contributed by atoms with Crippen molar-refractivity contribution >= 4 is 23.4 Å². The number of rotatable bonds is 4. The lowest BCUT2D eigenvalue weighted by Gasteiger charge is -2.36. The Balaban J connectivity index is 1.97. The number of likely N-dealkylation sites (N-methyl/N-ethyl adjacent to an activating group) is 1. The van der Waals surface area contributed by atoms with E-state index in [-0.39, 0.29) is 48.2 Å². The zero-order valence-corrected chi connectivity index (χ0v) is 22.0. The van der Waals surface area contributed by atoms with Crippen LogP contribution in [0.2, 0.25) is 0 Å². The molecule has 1 aliphatic heterocycles. The summed E-state index contributed by atoms with van der Waals surface area (Å²) >= 11 is 0. The number of fused-ring (bicyclic) bond motifs is 1. The van der Waals surface area contributed by atoms with Crippen LogP contribution in [0.25, 0.3) is 0 Å². The molecule has 0 spiro atoms. The van der Waals surface area contributed by atoms with Crippen LogP contribution < -0.4 is 10.1 Å². The van der Waals surface area contributed by atoms with Gasteiger partial charge in [0.15, 0.2) is 0 Å². The lowest BCUT2D eigenvalue weighted by atomic mass is 10.0. The first-order chi connectivity index (χ1) is 18.3. The molecular weight excluding hydrogens is 522 g/mol. The van der Waals surface area contributed by atoms with Crippen LogP contribution >= 0.6 is 0 Å². The molecule has 0 bridgehead atoms. The Morgan fingerprint density at radius 2 is 1.82 bits per heavy atom. The van der Waals surface area contributed by atoms with Crippen molar-refractivity contribution in [3.05, 3.63) is 59.4 Å². The second-order valence-electron chi connectivity index (χ2n) is 9.59. The van der Waals surface area contributed by atoms with Crippen LogP contribution in [-0.2, 0) is 9.53 Å². The van der Waals surface area contributed by atoms with Crippen LogP contribution in [0.5, 0.6) is 5.75 Å². The number of anilines is 1. The van der Waals surface area contributed by atoms with Gasteiger partial charge in [0.1, 0.15) is 24.6 Å². The van der Waals surface area contributed by atoms with E-state index >= 15 is 0 Å². The molecule has 3 atom stereocenters. The summed E-state index contributed by atoms with van der Waals surface area (Å²) in [5.41, 5.74) is -0.101. The molecule has 12 heteroatoms. The Morgan fingerprint density at radius 1 is 1.13 bits per heavy atom. The number of benzene rings is 2. The van der Waals surface area contributed by atoms with Gasteiger partial charge in [-0.15, -0.1) is 0 Å². The molecule has 0 aliphatic carbocycles. The van der Waals surface area contributed by atoms with Crippen LogP contribution in [-0.4, -0.2) is 79.7 Å². The van der Waals surface area contributed by atoms with E-state index in [1.165, 1.54) is 60.4 Å². The molecular formula is C27H31F4N3O5. The van der Waals surface area contributed by atoms with E-state index in [1.807, 2.05) is 6.92 Å². The zero-order chi connectivity index (χ0) is 28.9. The Morgan fingerprint density at radius 3 is 2.46 bits per heavy atom. The smallest absolute Gasteiger partial charge is 0.397 e. The normalized spacial score (nSPS) is 20.8. The summed E-state index contributed by atoms with van der Waals surface area (Å²) in [6.45, 7) is 3.79. The van der Waals surface area contributed by atoms with E-state index in [0.717, 1.165) is 0 Å². The average Bonchev–Trinajstić information content (AvgIpc) is 2.86. The van der Waals surface area contributed by atoms with E-state index in [2.05, 4.69) is 5.32 Å². The van der Waals surface area contributed by atoms with Crippen LogP contribution in [0.15, 0.2) is 42.5 Å². The summed E-state index contributed by atoms with van der Waals surface area (Å²) in [5.74, 6) is -3.15. The maximum absolute atomic E-state index is 14.5. The summed E-state index contributed by atoms with van der Waals surface area (Å²) < 4.78 is 63.8. The van der Waals surface area contributed by atoms with Gasteiger partial charge in [-0.2, -0.15) is 13.2 Å². The number of carbonyl (C=O) groups excluding carboxylic acids is 3. The molecule has 3 amide bonds. The second kappa shape index (κ2) is 12.5. The molecule has 1 N–H and O–H groups in total. The number of nitrogens with zero attached hydrogens (tertiary/aromatic N) is 2. The van der Waals surface area contributed by atoms with Crippen molar-refractivity contribution in [2.24, 2.45) is 5.92 Å². The molecule has 39 heavy (non-hydrogen) atoms. The lowest BCUT2D eigenvalue weighted by Crippen LogP contribution is -2.48. The number of alkyl halides is 3. The highest BCUT2D eigenvalue weighted by molar-refractivity contribution is 5.99. The summed E-state index contributed by atoms with van der Waals surface area (Å²) in [4.78, 5) is 41.4. The molecule has 8 nitrogen and oxygen atoms in total. The second-order valence-corrected chi connectivity index (χ2v) is 9.59. The van der Waals surface area contributed by atoms with Crippen molar-refractivity contribution in [2.75, 3.05) is 39.2 Å². The highest BCUT2D eigenvalue weighted by Gasteiger charge is 2.33. The van der Waals surface area contributed by atoms with Gasteiger partial charge in [-0.25, -0.2) is 4.39 Å². The van der Waals surface area contributed by atoms with Gasteiger partial charge in [0.05, 0.1) is 23.3 Å². The summed E-state index contributed by atoms with van der Waals surface area (Å²) in [5, 5.41) is 2.15. The molecule has 2 aromatic carbocycles. The van der Waals surface area contributed by atoms with Gasteiger partial charge >= 0.3 is 6.18 Å². The maximum Gasteiger partial charge on any atom is 0.397 e. The average molecular weight is 554 g/mol. The van der Waals surface area contributed by atoms with Crippen LogP contribution in [0.4, 0.5) is 23.2 Å². The van der Waals surface area contributed by atoms with Gasteiger partial charge in [-0.3, -0.25) is 14.4 Å². The van der Waals surface area contributed by atoms with Gasteiger partial charge < -0.3 is 24.6 Å². The highest BCUT2D eigenvalue weighted by atomic mass is 19.4. The Hall–Kier alpha value is -3.67. The topological polar surface area (TPSA) is 88.2 Å². The van der Waals surface area contributed by atoms with Crippen molar-refractivity contribution in [1.29, 1.82) is 0 Å². The Bertz CT molecular complexity index is 1210. The molecule has 3 rings (SSSR count). The Labute approximate surface area is 223 Å². The quantitative estimate of drug-likeness (QED) is 0.569. The van der Waals surface area contributed by atoms with Crippen molar-refractivity contribution in [1.82, 2.24) is 9.80 Å². The minimum Gasteiger partial charge on any atom is -0.491 e. The predicted octanol–water partition coefficient (Wildman–Crippen LogP) is 4.36. The fourth-order valence-corrected chi connectivity index (χ4v) is 4.31. The number of hydrogen-bond donors (Lipinski definition) is 1. The molecule has 1 aliphatic rings. The number of methoxy groups -OCH3 is 1. The fraction of sp³-hybridized carbons (Fsp3) is 0.444. The molecule has 0 radical (unpaired) electrons. The van der Waals surface area contributed by atoms with Crippen molar-refractivity contribution in [3.63, 3.8) is 0 Å². The number of halogens is 4. The van der Waals surface area contributed by atoms with Crippen LogP contribution in [0.3, 0.4) is 0 Å². The van der Waals surface area contributed by atoms with Crippen LogP contribution in [0, 0.1) is 11.7 Å². The number of amides is 3. The molecule has 1 heterocycles. The van der Waals surface area contributed by atoms with E-state index in [1.54, 1.807) is 13.0 Å². The van der Waals surface area contributed by atoms with Crippen molar-refractivity contribution in [3.8, 4) is 5.75 Å². The first-order valence-corrected chi connectivity index (χ1v) is 12.3. The molecule has 212 valence electrons. The SMILES string of the molecule is CO[C@H]1CN(C)C(=O)c2cc(NC(=O)CC(F)(F)F)ccc2OC[C@H](C)N(C(=O)c2ccccc2F)C[C@@H]1C. The van der Waals surface area contributed by atoms with Gasteiger partial charge in [0.2, 0.25) is 5.91 Å².